The van der Waals surface area contributed by atoms with Crippen LogP contribution in [-0.2, 0) is 7.05 Å². The molecule has 102 valence electrons. The summed E-state index contributed by atoms with van der Waals surface area (Å²) in [6.07, 6.45) is 4.06. The third kappa shape index (κ3) is 1.09. The first-order valence-electron chi connectivity index (χ1n) is 6.70. The number of allylic oxidation sites excluding steroid dienone is 2. The van der Waals surface area contributed by atoms with Crippen LogP contribution in [0.1, 0.15) is 34.3 Å². The molecule has 20 heavy (non-hydrogen) atoms. The van der Waals surface area contributed by atoms with Crippen molar-refractivity contribution in [1.29, 1.82) is 0 Å². The van der Waals surface area contributed by atoms with E-state index in [-0.39, 0.29) is 23.5 Å². The molecule has 5 rings (SSSR count). The summed E-state index contributed by atoms with van der Waals surface area (Å²) >= 11 is 0. The van der Waals surface area contributed by atoms with Crippen LogP contribution in [0.2, 0.25) is 0 Å². The molecular formula is C15H15N3O2. The first kappa shape index (κ1) is 11.5. The summed E-state index contributed by atoms with van der Waals surface area (Å²) in [7, 11) is 1.53. The predicted molar refractivity (Wildman–Crippen MR) is 75.3 cm³/mol. The van der Waals surface area contributed by atoms with Crippen molar-refractivity contribution in [3.8, 4) is 0 Å². The van der Waals surface area contributed by atoms with Gasteiger partial charge < -0.3 is 0 Å². The van der Waals surface area contributed by atoms with Gasteiger partial charge in [-0.15, -0.1) is 0 Å². The highest BCUT2D eigenvalue weighted by Crippen LogP contribution is 2.42. The van der Waals surface area contributed by atoms with Gasteiger partial charge in [0.25, 0.3) is 0 Å². The summed E-state index contributed by atoms with van der Waals surface area (Å²) in [5.41, 5.74) is 4.18. The van der Waals surface area contributed by atoms with Gasteiger partial charge in [-0.2, -0.15) is 0 Å². The first-order valence-corrected chi connectivity index (χ1v) is 6.70. The quantitative estimate of drug-likeness (QED) is 0.671. The van der Waals surface area contributed by atoms with Crippen molar-refractivity contribution in [2.75, 3.05) is 0 Å². The summed E-state index contributed by atoms with van der Waals surface area (Å²) in [5, 5.41) is 0. The fourth-order valence-electron chi connectivity index (χ4n) is 3.53. The molecule has 5 heteroatoms. The molecule has 3 heterocycles. The highest BCUT2D eigenvalue weighted by Gasteiger charge is 2.38. The molecule has 1 aromatic carbocycles. The molecule has 0 saturated carbocycles. The summed E-state index contributed by atoms with van der Waals surface area (Å²) in [5.74, 6) is 0. The molecule has 0 fully saturated rings. The third-order valence-electron chi connectivity index (χ3n) is 4.52. The van der Waals surface area contributed by atoms with E-state index in [2.05, 4.69) is 26.0 Å². The van der Waals surface area contributed by atoms with Crippen molar-refractivity contribution in [2.45, 2.75) is 25.9 Å². The molecule has 0 amide bonds. The van der Waals surface area contributed by atoms with Crippen LogP contribution in [0, 0.1) is 13.8 Å². The standard InChI is InChI=1S/C15H15N3O2/c1-8-4-5-9(2)13-11-7-6-10(12(8)13)17-14(19)16(3)15(20)18(11)17/h4-7,10-11H,1-3H3/t10-,11+. The Morgan fingerprint density at radius 3 is 1.65 bits per heavy atom. The first-order chi connectivity index (χ1) is 9.52. The number of nitrogens with zero attached hydrogens (tertiary/aromatic N) is 3. The predicted octanol–water partition coefficient (Wildman–Crippen LogP) is 1.03. The van der Waals surface area contributed by atoms with Gasteiger partial charge in [0.1, 0.15) is 0 Å². The molecule has 0 N–H and O–H groups in total. The Bertz CT molecular complexity index is 825. The van der Waals surface area contributed by atoms with Crippen molar-refractivity contribution in [3.05, 3.63) is 67.5 Å². The van der Waals surface area contributed by atoms with E-state index in [0.29, 0.717) is 0 Å². The minimum absolute atomic E-state index is 0.170. The molecule has 5 nitrogen and oxygen atoms in total. The van der Waals surface area contributed by atoms with Crippen LogP contribution in [0.25, 0.3) is 0 Å². The summed E-state index contributed by atoms with van der Waals surface area (Å²) in [6, 6.07) is 3.82. The second-order valence-electron chi connectivity index (χ2n) is 5.61. The Balaban J connectivity index is 2.18. The van der Waals surface area contributed by atoms with Gasteiger partial charge in [0, 0.05) is 7.05 Å². The second-order valence-corrected chi connectivity index (χ2v) is 5.61. The minimum Gasteiger partial charge on any atom is -0.246 e. The summed E-state index contributed by atoms with van der Waals surface area (Å²) in [4.78, 5) is 24.6. The van der Waals surface area contributed by atoms with Crippen molar-refractivity contribution < 1.29 is 0 Å². The topological polar surface area (TPSA) is 48.9 Å². The van der Waals surface area contributed by atoms with Gasteiger partial charge in [-0.25, -0.2) is 23.5 Å². The highest BCUT2D eigenvalue weighted by molar-refractivity contribution is 5.51. The van der Waals surface area contributed by atoms with E-state index in [1.54, 1.807) is 9.36 Å². The zero-order valence-corrected chi connectivity index (χ0v) is 11.6. The summed E-state index contributed by atoms with van der Waals surface area (Å²) in [6.45, 7) is 4.12. The lowest BCUT2D eigenvalue weighted by Gasteiger charge is -2.37. The molecular weight excluding hydrogens is 254 g/mol. The highest BCUT2D eigenvalue weighted by atomic mass is 16.2. The van der Waals surface area contributed by atoms with Crippen LogP contribution in [0.5, 0.6) is 0 Å². The Kier molecular flexibility index (Phi) is 1.97. The van der Waals surface area contributed by atoms with E-state index < -0.39 is 0 Å². The van der Waals surface area contributed by atoms with Gasteiger partial charge in [-0.1, -0.05) is 24.3 Å². The Labute approximate surface area is 115 Å². The van der Waals surface area contributed by atoms with Crippen LogP contribution in [0.3, 0.4) is 0 Å². The van der Waals surface area contributed by atoms with Crippen molar-refractivity contribution >= 4 is 0 Å². The molecule has 2 aliphatic heterocycles. The molecule has 0 unspecified atom stereocenters. The molecule has 1 aromatic heterocycles. The average molecular weight is 269 g/mol. The normalized spacial score (nSPS) is 21.9. The average Bonchev–Trinajstić information content (AvgIpc) is 2.69. The van der Waals surface area contributed by atoms with Gasteiger partial charge >= 0.3 is 11.4 Å². The number of rotatable bonds is 0. The number of hydrogen-bond acceptors (Lipinski definition) is 2. The number of aryl methyl sites for hydroxylation is 2. The molecule has 0 radical (unpaired) electrons. The number of aromatic nitrogens is 3. The fraction of sp³-hybridized carbons (Fsp3) is 0.333. The minimum atomic E-state index is -0.249. The van der Waals surface area contributed by atoms with Crippen LogP contribution in [0.4, 0.5) is 0 Å². The van der Waals surface area contributed by atoms with Crippen LogP contribution in [0.15, 0.2) is 33.9 Å². The molecule has 1 aliphatic carbocycles. The molecule has 3 aliphatic rings. The number of hydrogen-bond donors (Lipinski definition) is 0. The Hall–Kier alpha value is -2.30. The second kappa shape index (κ2) is 3.42. The van der Waals surface area contributed by atoms with Gasteiger partial charge in [0.2, 0.25) is 0 Å². The molecule has 2 atom stereocenters. The van der Waals surface area contributed by atoms with Crippen molar-refractivity contribution in [2.24, 2.45) is 7.05 Å². The van der Waals surface area contributed by atoms with E-state index in [0.717, 1.165) is 0 Å². The third-order valence-corrected chi connectivity index (χ3v) is 4.52. The fourth-order valence-corrected chi connectivity index (χ4v) is 3.53. The zero-order chi connectivity index (χ0) is 14.2. The maximum Gasteiger partial charge on any atom is 0.347 e. The maximum absolute atomic E-state index is 12.3. The lowest BCUT2D eigenvalue weighted by atomic mass is 9.82. The maximum atomic E-state index is 12.3. The smallest absolute Gasteiger partial charge is 0.246 e. The van der Waals surface area contributed by atoms with Crippen LogP contribution in [-0.4, -0.2) is 13.9 Å². The van der Waals surface area contributed by atoms with Crippen LogP contribution >= 0.6 is 0 Å². The van der Waals surface area contributed by atoms with E-state index >= 15 is 0 Å². The van der Waals surface area contributed by atoms with E-state index in [1.165, 1.54) is 33.9 Å². The lowest BCUT2D eigenvalue weighted by Crippen LogP contribution is -2.41. The van der Waals surface area contributed by atoms with Crippen molar-refractivity contribution in [3.63, 3.8) is 0 Å². The Morgan fingerprint density at radius 1 is 0.850 bits per heavy atom. The Morgan fingerprint density at radius 2 is 1.25 bits per heavy atom. The molecule has 0 spiro atoms. The van der Waals surface area contributed by atoms with Gasteiger partial charge in [-0.3, -0.25) is 0 Å². The van der Waals surface area contributed by atoms with Gasteiger partial charge in [-0.05, 0) is 36.1 Å². The van der Waals surface area contributed by atoms with Crippen LogP contribution < -0.4 is 11.4 Å². The molecule has 2 aromatic rings. The summed E-state index contributed by atoms with van der Waals surface area (Å²) < 4.78 is 4.35. The van der Waals surface area contributed by atoms with Gasteiger partial charge in [0.05, 0.1) is 12.1 Å². The number of benzene rings is 1. The van der Waals surface area contributed by atoms with E-state index in [9.17, 15) is 9.59 Å². The SMILES string of the molecule is Cc1ccc(C)c2c1[C@H]1C=C[C@@H]2n2c(=O)n(C)c(=O)n21. The van der Waals surface area contributed by atoms with E-state index in [1.807, 2.05) is 12.2 Å². The molecule has 0 saturated heterocycles. The van der Waals surface area contributed by atoms with Gasteiger partial charge in [0.15, 0.2) is 0 Å². The molecule has 2 bridgehead atoms. The largest absolute Gasteiger partial charge is 0.347 e. The lowest BCUT2D eigenvalue weighted by molar-refractivity contribution is 0.369. The van der Waals surface area contributed by atoms with E-state index in [4.69, 9.17) is 0 Å². The van der Waals surface area contributed by atoms with Crippen molar-refractivity contribution in [1.82, 2.24) is 13.9 Å². The zero-order valence-electron chi connectivity index (χ0n) is 11.6. The monoisotopic (exact) mass is 269 g/mol.